The van der Waals surface area contributed by atoms with E-state index in [9.17, 15) is 17.6 Å². The first-order valence-corrected chi connectivity index (χ1v) is 5.64. The number of nitrogens with zero attached hydrogens (tertiary/aromatic N) is 3. The van der Waals surface area contributed by atoms with Gasteiger partial charge in [-0.3, -0.25) is 4.98 Å². The van der Waals surface area contributed by atoms with Crippen molar-refractivity contribution >= 4 is 5.95 Å². The van der Waals surface area contributed by atoms with Crippen molar-refractivity contribution in [1.29, 1.82) is 0 Å². The molecule has 1 N–H and O–H groups in total. The van der Waals surface area contributed by atoms with Crippen LogP contribution >= 0.6 is 0 Å². The quantitative estimate of drug-likeness (QED) is 0.880. The SMILES string of the molecule is C[C@@H](Nc1nccc(C(F)(F)F)n1)c1ccncc1F. The number of hydrogen-bond acceptors (Lipinski definition) is 4. The van der Waals surface area contributed by atoms with Gasteiger partial charge in [-0.05, 0) is 19.1 Å². The molecule has 0 aromatic carbocycles. The molecule has 0 unspecified atom stereocenters. The monoisotopic (exact) mass is 286 g/mol. The third-order valence-electron chi connectivity index (χ3n) is 2.56. The summed E-state index contributed by atoms with van der Waals surface area (Å²) in [4.78, 5) is 10.6. The molecule has 2 rings (SSSR count). The Labute approximate surface area is 111 Å². The van der Waals surface area contributed by atoms with E-state index in [0.29, 0.717) is 0 Å². The van der Waals surface area contributed by atoms with Gasteiger partial charge in [0.05, 0.1) is 12.2 Å². The van der Waals surface area contributed by atoms with Gasteiger partial charge in [-0.2, -0.15) is 13.2 Å². The maximum atomic E-state index is 13.5. The Bertz CT molecular complexity index is 600. The zero-order valence-corrected chi connectivity index (χ0v) is 10.3. The van der Waals surface area contributed by atoms with Crippen molar-refractivity contribution in [3.63, 3.8) is 0 Å². The van der Waals surface area contributed by atoms with Crippen LogP contribution in [0, 0.1) is 5.82 Å². The summed E-state index contributed by atoms with van der Waals surface area (Å²) >= 11 is 0. The molecule has 1 atom stereocenters. The van der Waals surface area contributed by atoms with Crippen molar-refractivity contribution in [2.75, 3.05) is 5.32 Å². The highest BCUT2D eigenvalue weighted by Gasteiger charge is 2.32. The Morgan fingerprint density at radius 2 is 1.95 bits per heavy atom. The number of halogens is 4. The second kappa shape index (κ2) is 5.40. The van der Waals surface area contributed by atoms with Crippen LogP contribution in [0.4, 0.5) is 23.5 Å². The second-order valence-corrected chi connectivity index (χ2v) is 4.03. The summed E-state index contributed by atoms with van der Waals surface area (Å²) < 4.78 is 51.0. The normalized spacial score (nSPS) is 13.1. The fraction of sp³-hybridized carbons (Fsp3) is 0.250. The lowest BCUT2D eigenvalue weighted by Gasteiger charge is -2.15. The van der Waals surface area contributed by atoms with E-state index in [2.05, 4.69) is 20.3 Å². The van der Waals surface area contributed by atoms with E-state index in [-0.39, 0.29) is 11.5 Å². The second-order valence-electron chi connectivity index (χ2n) is 4.03. The van der Waals surface area contributed by atoms with Gasteiger partial charge in [-0.1, -0.05) is 0 Å². The number of aromatic nitrogens is 3. The largest absolute Gasteiger partial charge is 0.433 e. The molecule has 2 aromatic heterocycles. The van der Waals surface area contributed by atoms with Gasteiger partial charge in [-0.15, -0.1) is 0 Å². The molecular weight excluding hydrogens is 276 g/mol. The maximum absolute atomic E-state index is 13.5. The molecule has 0 amide bonds. The summed E-state index contributed by atoms with van der Waals surface area (Å²) in [7, 11) is 0. The van der Waals surface area contributed by atoms with E-state index in [4.69, 9.17) is 0 Å². The molecule has 20 heavy (non-hydrogen) atoms. The predicted molar refractivity (Wildman–Crippen MR) is 63.3 cm³/mol. The first-order valence-electron chi connectivity index (χ1n) is 5.64. The molecule has 106 valence electrons. The molecular formula is C12H10F4N4. The molecule has 2 aromatic rings. The van der Waals surface area contributed by atoms with Gasteiger partial charge in [-0.25, -0.2) is 14.4 Å². The molecule has 2 heterocycles. The minimum atomic E-state index is -4.55. The van der Waals surface area contributed by atoms with E-state index in [1.807, 2.05) is 0 Å². The fourth-order valence-electron chi connectivity index (χ4n) is 1.59. The molecule has 0 spiro atoms. The van der Waals surface area contributed by atoms with Crippen molar-refractivity contribution in [1.82, 2.24) is 15.0 Å². The van der Waals surface area contributed by atoms with E-state index in [1.54, 1.807) is 6.92 Å². The van der Waals surface area contributed by atoms with Crippen molar-refractivity contribution in [2.24, 2.45) is 0 Å². The highest BCUT2D eigenvalue weighted by atomic mass is 19.4. The van der Waals surface area contributed by atoms with Crippen LogP contribution in [0.5, 0.6) is 0 Å². The van der Waals surface area contributed by atoms with Gasteiger partial charge < -0.3 is 5.32 Å². The van der Waals surface area contributed by atoms with Crippen LogP contribution in [0.25, 0.3) is 0 Å². The standard InChI is InChI=1S/C12H10F4N4/c1-7(8-2-4-17-6-9(8)13)19-11-18-5-3-10(20-11)12(14,15)16/h2-7H,1H3,(H,18,19,20)/t7-/m1/s1. The van der Waals surface area contributed by atoms with Crippen LogP contribution in [0.2, 0.25) is 0 Å². The van der Waals surface area contributed by atoms with Crippen molar-refractivity contribution < 1.29 is 17.6 Å². The predicted octanol–water partition coefficient (Wildman–Crippen LogP) is 3.20. The fourth-order valence-corrected chi connectivity index (χ4v) is 1.59. The number of nitrogens with one attached hydrogen (secondary N) is 1. The van der Waals surface area contributed by atoms with Crippen LogP contribution in [0.15, 0.2) is 30.7 Å². The lowest BCUT2D eigenvalue weighted by atomic mass is 10.1. The highest BCUT2D eigenvalue weighted by Crippen LogP contribution is 2.28. The number of hydrogen-bond donors (Lipinski definition) is 1. The first-order chi connectivity index (χ1) is 9.38. The molecule has 0 radical (unpaired) electrons. The van der Waals surface area contributed by atoms with Gasteiger partial charge in [0.2, 0.25) is 5.95 Å². The molecule has 0 aliphatic carbocycles. The van der Waals surface area contributed by atoms with Gasteiger partial charge in [0, 0.05) is 18.0 Å². The van der Waals surface area contributed by atoms with Crippen LogP contribution in [-0.4, -0.2) is 15.0 Å². The topological polar surface area (TPSA) is 50.7 Å². The van der Waals surface area contributed by atoms with Crippen LogP contribution < -0.4 is 5.32 Å². The third-order valence-corrected chi connectivity index (χ3v) is 2.56. The Kier molecular flexibility index (Phi) is 3.82. The minimum Gasteiger partial charge on any atom is -0.348 e. The number of pyridine rings is 1. The van der Waals surface area contributed by atoms with Crippen molar-refractivity contribution in [3.8, 4) is 0 Å². The Balaban J connectivity index is 2.20. The van der Waals surface area contributed by atoms with Crippen LogP contribution in [0.1, 0.15) is 24.2 Å². The zero-order chi connectivity index (χ0) is 14.8. The summed E-state index contributed by atoms with van der Waals surface area (Å²) in [6, 6.07) is 1.60. The van der Waals surface area contributed by atoms with Gasteiger partial charge in [0.1, 0.15) is 11.5 Å². The summed E-state index contributed by atoms with van der Waals surface area (Å²) in [5.74, 6) is -0.775. The Morgan fingerprint density at radius 3 is 2.60 bits per heavy atom. The van der Waals surface area contributed by atoms with E-state index in [1.165, 1.54) is 12.3 Å². The Morgan fingerprint density at radius 1 is 1.20 bits per heavy atom. The third kappa shape index (κ3) is 3.19. The van der Waals surface area contributed by atoms with E-state index < -0.39 is 23.7 Å². The number of alkyl halides is 3. The summed E-state index contributed by atoms with van der Waals surface area (Å²) in [5, 5.41) is 2.62. The average Bonchev–Trinajstić information content (AvgIpc) is 2.38. The molecule has 0 aliphatic rings. The molecule has 0 fully saturated rings. The Hall–Kier alpha value is -2.25. The van der Waals surface area contributed by atoms with Gasteiger partial charge in [0.15, 0.2) is 0 Å². The average molecular weight is 286 g/mol. The molecule has 0 saturated carbocycles. The van der Waals surface area contributed by atoms with Crippen molar-refractivity contribution in [3.05, 3.63) is 47.8 Å². The lowest BCUT2D eigenvalue weighted by molar-refractivity contribution is -0.141. The minimum absolute atomic E-state index is 0.219. The van der Waals surface area contributed by atoms with Gasteiger partial charge in [0.25, 0.3) is 0 Å². The molecule has 0 aliphatic heterocycles. The lowest BCUT2D eigenvalue weighted by Crippen LogP contribution is -2.14. The summed E-state index contributed by atoms with van der Waals surface area (Å²) in [5.41, 5.74) is -0.793. The summed E-state index contributed by atoms with van der Waals surface area (Å²) in [6.07, 6.45) is -1.14. The van der Waals surface area contributed by atoms with E-state index >= 15 is 0 Å². The van der Waals surface area contributed by atoms with E-state index in [0.717, 1.165) is 18.5 Å². The molecule has 4 nitrogen and oxygen atoms in total. The number of anilines is 1. The maximum Gasteiger partial charge on any atom is 0.433 e. The number of rotatable bonds is 3. The molecule has 0 bridgehead atoms. The highest BCUT2D eigenvalue weighted by molar-refractivity contribution is 5.32. The van der Waals surface area contributed by atoms with Crippen LogP contribution in [0.3, 0.4) is 0 Å². The molecule has 0 saturated heterocycles. The smallest absolute Gasteiger partial charge is 0.348 e. The van der Waals surface area contributed by atoms with Crippen LogP contribution in [-0.2, 0) is 6.18 Å². The zero-order valence-electron chi connectivity index (χ0n) is 10.3. The first kappa shape index (κ1) is 14.2. The van der Waals surface area contributed by atoms with Gasteiger partial charge >= 0.3 is 6.18 Å². The summed E-state index contributed by atoms with van der Waals surface area (Å²) in [6.45, 7) is 1.59. The molecule has 8 heteroatoms. The van der Waals surface area contributed by atoms with Crippen molar-refractivity contribution in [2.45, 2.75) is 19.1 Å².